The third-order valence-electron chi connectivity index (χ3n) is 3.14. The number of methoxy groups -OCH3 is 1. The molecular formula is C17H19NO4S. The summed E-state index contributed by atoms with van der Waals surface area (Å²) in [6.07, 6.45) is 1.05. The van der Waals surface area contributed by atoms with E-state index in [-0.39, 0.29) is 24.9 Å². The number of rotatable bonds is 8. The number of hydrogen-bond donors (Lipinski definition) is 1. The predicted molar refractivity (Wildman–Crippen MR) is 88.7 cm³/mol. The average molecular weight is 333 g/mol. The summed E-state index contributed by atoms with van der Waals surface area (Å²) in [5, 5.41) is 4.84. The van der Waals surface area contributed by atoms with Crippen LogP contribution in [0.4, 0.5) is 0 Å². The smallest absolute Gasteiger partial charge is 0.309 e. The van der Waals surface area contributed by atoms with Gasteiger partial charge in [0, 0.05) is 11.4 Å². The second kappa shape index (κ2) is 8.95. The first-order valence-corrected chi connectivity index (χ1v) is 8.13. The number of ether oxygens (including phenoxy) is 2. The zero-order valence-electron chi connectivity index (χ0n) is 12.9. The Morgan fingerprint density at radius 2 is 1.96 bits per heavy atom. The van der Waals surface area contributed by atoms with Crippen LogP contribution in [0.2, 0.25) is 0 Å². The number of carbonyl (C=O) groups is 2. The second-order valence-corrected chi connectivity index (χ2v) is 5.90. The molecule has 0 spiro atoms. The average Bonchev–Trinajstić information content (AvgIpc) is 3.07. The molecule has 1 aromatic heterocycles. The molecule has 2 rings (SSSR count). The number of thiophene rings is 1. The minimum atomic E-state index is -0.288. The SMILES string of the molecule is COC(=O)Cc1ccc(OCC(=O)NCCc2cccs2)cc1. The van der Waals surface area contributed by atoms with E-state index in [9.17, 15) is 9.59 Å². The van der Waals surface area contributed by atoms with Crippen LogP contribution in [0, 0.1) is 0 Å². The van der Waals surface area contributed by atoms with Crippen molar-refractivity contribution in [2.75, 3.05) is 20.3 Å². The fourth-order valence-electron chi connectivity index (χ4n) is 1.92. The summed E-state index contributed by atoms with van der Waals surface area (Å²) in [6, 6.07) is 11.1. The van der Waals surface area contributed by atoms with Gasteiger partial charge >= 0.3 is 5.97 Å². The zero-order chi connectivity index (χ0) is 16.5. The van der Waals surface area contributed by atoms with Crippen LogP contribution in [0.15, 0.2) is 41.8 Å². The van der Waals surface area contributed by atoms with Gasteiger partial charge in [0.05, 0.1) is 13.5 Å². The molecule has 23 heavy (non-hydrogen) atoms. The normalized spacial score (nSPS) is 10.1. The molecule has 2 aromatic rings. The van der Waals surface area contributed by atoms with Crippen molar-refractivity contribution in [3.05, 3.63) is 52.2 Å². The molecule has 0 unspecified atom stereocenters. The molecule has 1 heterocycles. The van der Waals surface area contributed by atoms with Crippen LogP contribution < -0.4 is 10.1 Å². The number of amides is 1. The molecule has 122 valence electrons. The maximum absolute atomic E-state index is 11.7. The van der Waals surface area contributed by atoms with Gasteiger partial charge in [-0.2, -0.15) is 0 Å². The molecular weight excluding hydrogens is 314 g/mol. The van der Waals surface area contributed by atoms with E-state index in [4.69, 9.17) is 4.74 Å². The summed E-state index contributed by atoms with van der Waals surface area (Å²) in [5.41, 5.74) is 0.838. The molecule has 6 heteroatoms. The monoisotopic (exact) mass is 333 g/mol. The van der Waals surface area contributed by atoms with Crippen LogP contribution in [0.3, 0.4) is 0 Å². The Bertz CT molecular complexity index is 623. The van der Waals surface area contributed by atoms with Crippen molar-refractivity contribution in [1.29, 1.82) is 0 Å². The zero-order valence-corrected chi connectivity index (χ0v) is 13.7. The van der Waals surface area contributed by atoms with Crippen LogP contribution in [0.1, 0.15) is 10.4 Å². The van der Waals surface area contributed by atoms with E-state index in [0.29, 0.717) is 12.3 Å². The van der Waals surface area contributed by atoms with Gasteiger partial charge in [-0.15, -0.1) is 11.3 Å². The molecule has 0 fully saturated rings. The topological polar surface area (TPSA) is 64.6 Å². The minimum Gasteiger partial charge on any atom is -0.484 e. The van der Waals surface area contributed by atoms with Crippen molar-refractivity contribution in [3.63, 3.8) is 0 Å². The van der Waals surface area contributed by atoms with E-state index < -0.39 is 0 Å². The maximum Gasteiger partial charge on any atom is 0.309 e. The summed E-state index contributed by atoms with van der Waals surface area (Å²) in [5.74, 6) is 0.149. The Balaban J connectivity index is 1.68. The number of esters is 1. The highest BCUT2D eigenvalue weighted by Crippen LogP contribution is 2.13. The van der Waals surface area contributed by atoms with Crippen molar-refractivity contribution in [1.82, 2.24) is 5.32 Å². The number of hydrogen-bond acceptors (Lipinski definition) is 5. The third kappa shape index (κ3) is 6.12. The number of nitrogens with one attached hydrogen (secondary N) is 1. The van der Waals surface area contributed by atoms with E-state index in [2.05, 4.69) is 10.1 Å². The molecule has 0 bridgehead atoms. The highest BCUT2D eigenvalue weighted by atomic mass is 32.1. The lowest BCUT2D eigenvalue weighted by Gasteiger charge is -2.08. The number of benzene rings is 1. The summed E-state index contributed by atoms with van der Waals surface area (Å²) in [6.45, 7) is 0.571. The minimum absolute atomic E-state index is 0.0270. The largest absolute Gasteiger partial charge is 0.484 e. The first-order valence-electron chi connectivity index (χ1n) is 7.25. The molecule has 1 aromatic carbocycles. The maximum atomic E-state index is 11.7. The van der Waals surface area contributed by atoms with Gasteiger partial charge in [0.1, 0.15) is 5.75 Å². The van der Waals surface area contributed by atoms with Gasteiger partial charge < -0.3 is 14.8 Å². The third-order valence-corrected chi connectivity index (χ3v) is 4.08. The molecule has 0 aliphatic heterocycles. The van der Waals surface area contributed by atoms with Crippen molar-refractivity contribution >= 4 is 23.2 Å². The fraction of sp³-hybridized carbons (Fsp3) is 0.294. The van der Waals surface area contributed by atoms with Crippen LogP contribution in [-0.4, -0.2) is 32.1 Å². The standard InChI is InChI=1S/C17H19NO4S/c1-21-17(20)11-13-4-6-14(7-5-13)22-12-16(19)18-9-8-15-3-2-10-23-15/h2-7,10H,8-9,11-12H2,1H3,(H,18,19). The molecule has 0 saturated heterocycles. The summed E-state index contributed by atoms with van der Waals surface area (Å²) in [4.78, 5) is 24.1. The Hall–Kier alpha value is -2.34. The van der Waals surface area contributed by atoms with E-state index in [1.807, 2.05) is 17.5 Å². The predicted octanol–water partition coefficient (Wildman–Crippen LogP) is 2.20. The first-order chi connectivity index (χ1) is 11.2. The van der Waals surface area contributed by atoms with Crippen LogP contribution >= 0.6 is 11.3 Å². The Labute approximate surface area is 139 Å². The molecule has 0 radical (unpaired) electrons. The Kier molecular flexibility index (Phi) is 6.62. The highest BCUT2D eigenvalue weighted by molar-refractivity contribution is 7.09. The summed E-state index contributed by atoms with van der Waals surface area (Å²) < 4.78 is 10.0. The molecule has 0 atom stereocenters. The quantitative estimate of drug-likeness (QED) is 0.752. The van der Waals surface area contributed by atoms with Crippen molar-refractivity contribution in [3.8, 4) is 5.75 Å². The van der Waals surface area contributed by atoms with Gasteiger partial charge in [-0.05, 0) is 35.6 Å². The molecule has 0 saturated carbocycles. The molecule has 1 N–H and O–H groups in total. The van der Waals surface area contributed by atoms with Gasteiger partial charge in [-0.1, -0.05) is 18.2 Å². The lowest BCUT2D eigenvalue weighted by molar-refractivity contribution is -0.139. The lowest BCUT2D eigenvalue weighted by Crippen LogP contribution is -2.30. The number of carbonyl (C=O) groups excluding carboxylic acids is 2. The second-order valence-electron chi connectivity index (χ2n) is 4.86. The highest BCUT2D eigenvalue weighted by Gasteiger charge is 2.05. The van der Waals surface area contributed by atoms with Crippen molar-refractivity contribution in [2.24, 2.45) is 0 Å². The van der Waals surface area contributed by atoms with Crippen molar-refractivity contribution in [2.45, 2.75) is 12.8 Å². The summed E-state index contributed by atoms with van der Waals surface area (Å²) >= 11 is 1.68. The van der Waals surface area contributed by atoms with E-state index in [0.717, 1.165) is 12.0 Å². The molecule has 5 nitrogen and oxygen atoms in total. The van der Waals surface area contributed by atoms with Gasteiger partial charge in [0.15, 0.2) is 6.61 Å². The van der Waals surface area contributed by atoms with E-state index in [1.54, 1.807) is 35.6 Å². The van der Waals surface area contributed by atoms with E-state index >= 15 is 0 Å². The summed E-state index contributed by atoms with van der Waals surface area (Å²) in [7, 11) is 1.36. The van der Waals surface area contributed by atoms with Crippen molar-refractivity contribution < 1.29 is 19.1 Å². The van der Waals surface area contributed by atoms with Gasteiger partial charge in [-0.25, -0.2) is 0 Å². The Morgan fingerprint density at radius 1 is 1.17 bits per heavy atom. The fourth-order valence-corrected chi connectivity index (χ4v) is 2.63. The van der Waals surface area contributed by atoms with Crippen LogP contribution in [0.25, 0.3) is 0 Å². The molecule has 0 aliphatic carbocycles. The molecule has 0 aliphatic rings. The van der Waals surface area contributed by atoms with Gasteiger partial charge in [0.2, 0.25) is 0 Å². The van der Waals surface area contributed by atoms with Gasteiger partial charge in [0.25, 0.3) is 5.91 Å². The van der Waals surface area contributed by atoms with Crippen LogP contribution in [0.5, 0.6) is 5.75 Å². The van der Waals surface area contributed by atoms with E-state index in [1.165, 1.54) is 12.0 Å². The Morgan fingerprint density at radius 3 is 2.61 bits per heavy atom. The molecule has 1 amide bonds. The first kappa shape index (κ1) is 17.0. The lowest BCUT2D eigenvalue weighted by atomic mass is 10.1. The van der Waals surface area contributed by atoms with Gasteiger partial charge in [-0.3, -0.25) is 9.59 Å². The van der Waals surface area contributed by atoms with Crippen LogP contribution in [-0.2, 0) is 27.2 Å².